The first-order valence-corrected chi connectivity index (χ1v) is 10.3. The highest BCUT2D eigenvalue weighted by atomic mass is 32.1. The second-order valence-corrected chi connectivity index (χ2v) is 7.97. The first-order valence-electron chi connectivity index (χ1n) is 9.00. The number of nitrogens with zero attached hydrogens (tertiary/aromatic N) is 2. The molecule has 0 aliphatic carbocycles. The Hall–Kier alpha value is -2.77. The SMILES string of the molecule is Cc1ccsc1C1C(c2ccccn2)NC(=S)N1CC(=O)Nc1ccccc1. The topological polar surface area (TPSA) is 57.3 Å². The minimum atomic E-state index is -0.101. The first-order chi connectivity index (χ1) is 13.6. The Kier molecular flexibility index (Phi) is 5.36. The maximum Gasteiger partial charge on any atom is 0.244 e. The highest BCUT2D eigenvalue weighted by Gasteiger charge is 2.41. The van der Waals surface area contributed by atoms with Crippen LogP contribution in [0.4, 0.5) is 5.69 Å². The van der Waals surface area contributed by atoms with Crippen LogP contribution >= 0.6 is 23.6 Å². The number of benzene rings is 1. The number of hydrogen-bond donors (Lipinski definition) is 2. The molecule has 1 aliphatic rings. The summed E-state index contributed by atoms with van der Waals surface area (Å²) in [6.07, 6.45) is 1.78. The highest BCUT2D eigenvalue weighted by molar-refractivity contribution is 7.80. The molecule has 2 N–H and O–H groups in total. The van der Waals surface area contributed by atoms with Crippen molar-refractivity contribution in [3.8, 4) is 0 Å². The number of thiocarbonyl (C=S) groups is 1. The predicted molar refractivity (Wildman–Crippen MR) is 116 cm³/mol. The molecule has 5 nitrogen and oxygen atoms in total. The molecule has 4 rings (SSSR count). The van der Waals surface area contributed by atoms with Crippen molar-refractivity contribution in [3.05, 3.63) is 82.3 Å². The van der Waals surface area contributed by atoms with Gasteiger partial charge in [0.15, 0.2) is 5.11 Å². The Morgan fingerprint density at radius 3 is 2.68 bits per heavy atom. The standard InChI is InChI=1S/C21H20N4OS2/c1-14-10-12-28-20(14)19-18(16-9-5-6-11-22-16)24-21(27)25(19)13-17(26)23-15-7-3-2-4-8-15/h2-12,18-19H,13H2,1H3,(H,23,26)(H,24,27). The maximum absolute atomic E-state index is 12.7. The Morgan fingerprint density at radius 1 is 1.21 bits per heavy atom. The number of aryl methyl sites for hydroxylation is 1. The fraction of sp³-hybridized carbons (Fsp3) is 0.190. The van der Waals surface area contributed by atoms with Crippen molar-refractivity contribution in [2.75, 3.05) is 11.9 Å². The van der Waals surface area contributed by atoms with Gasteiger partial charge >= 0.3 is 0 Å². The van der Waals surface area contributed by atoms with Gasteiger partial charge in [-0.05, 0) is 60.4 Å². The lowest BCUT2D eigenvalue weighted by Gasteiger charge is -2.27. The Morgan fingerprint density at radius 2 is 2.00 bits per heavy atom. The number of thiophene rings is 1. The van der Waals surface area contributed by atoms with Crippen molar-refractivity contribution in [2.45, 2.75) is 19.0 Å². The molecule has 3 aromatic rings. The second kappa shape index (κ2) is 8.08. The van der Waals surface area contributed by atoms with E-state index in [1.807, 2.05) is 53.4 Å². The molecule has 1 saturated heterocycles. The molecule has 1 aliphatic heterocycles. The number of rotatable bonds is 5. The fourth-order valence-electron chi connectivity index (χ4n) is 3.42. The molecule has 2 atom stereocenters. The van der Waals surface area contributed by atoms with Crippen molar-refractivity contribution in [1.82, 2.24) is 15.2 Å². The number of pyridine rings is 1. The monoisotopic (exact) mass is 408 g/mol. The zero-order valence-electron chi connectivity index (χ0n) is 15.3. The predicted octanol–water partition coefficient (Wildman–Crippen LogP) is 4.06. The normalized spacial score (nSPS) is 18.8. The van der Waals surface area contributed by atoms with E-state index in [9.17, 15) is 4.79 Å². The van der Waals surface area contributed by atoms with Crippen molar-refractivity contribution < 1.29 is 4.79 Å². The summed E-state index contributed by atoms with van der Waals surface area (Å²) in [5.74, 6) is -0.101. The molecule has 142 valence electrons. The molecule has 3 heterocycles. The van der Waals surface area contributed by atoms with Crippen LogP contribution in [-0.4, -0.2) is 27.4 Å². The molecule has 1 amide bonds. The number of carbonyl (C=O) groups excluding carboxylic acids is 1. The third kappa shape index (κ3) is 3.76. The lowest BCUT2D eigenvalue weighted by Crippen LogP contribution is -2.37. The van der Waals surface area contributed by atoms with E-state index in [1.165, 1.54) is 10.4 Å². The summed E-state index contributed by atoms with van der Waals surface area (Å²) >= 11 is 7.29. The number of anilines is 1. The van der Waals surface area contributed by atoms with Crippen LogP contribution in [-0.2, 0) is 4.79 Å². The molecule has 0 spiro atoms. The molecule has 0 saturated carbocycles. The van der Waals surface area contributed by atoms with Crippen LogP contribution in [0.3, 0.4) is 0 Å². The second-order valence-electron chi connectivity index (χ2n) is 6.64. The van der Waals surface area contributed by atoms with Gasteiger partial charge in [-0.2, -0.15) is 0 Å². The van der Waals surface area contributed by atoms with Crippen molar-refractivity contribution in [2.24, 2.45) is 0 Å². The van der Waals surface area contributed by atoms with Gasteiger partial charge in [-0.3, -0.25) is 9.78 Å². The van der Waals surface area contributed by atoms with Gasteiger partial charge in [-0.1, -0.05) is 24.3 Å². The van der Waals surface area contributed by atoms with Gasteiger partial charge in [0, 0.05) is 16.8 Å². The Balaban J connectivity index is 1.62. The van der Waals surface area contributed by atoms with Gasteiger partial charge in [0.05, 0.1) is 17.8 Å². The van der Waals surface area contributed by atoms with Gasteiger partial charge in [0.1, 0.15) is 6.54 Å². The summed E-state index contributed by atoms with van der Waals surface area (Å²) in [4.78, 5) is 20.4. The Labute approximate surface area is 173 Å². The minimum absolute atomic E-state index is 0.0797. The number of para-hydroxylation sites is 1. The van der Waals surface area contributed by atoms with E-state index < -0.39 is 0 Å². The van der Waals surface area contributed by atoms with E-state index in [2.05, 4.69) is 34.0 Å². The molecule has 2 unspecified atom stereocenters. The molecule has 7 heteroatoms. The number of carbonyl (C=O) groups is 1. The average Bonchev–Trinajstić information content (AvgIpc) is 3.26. The molecule has 0 radical (unpaired) electrons. The molecule has 1 fully saturated rings. The van der Waals surface area contributed by atoms with Crippen LogP contribution < -0.4 is 10.6 Å². The van der Waals surface area contributed by atoms with E-state index in [-0.39, 0.29) is 24.5 Å². The van der Waals surface area contributed by atoms with Crippen LogP contribution in [0.5, 0.6) is 0 Å². The lowest BCUT2D eigenvalue weighted by atomic mass is 10.0. The number of hydrogen-bond acceptors (Lipinski definition) is 4. The maximum atomic E-state index is 12.7. The van der Waals surface area contributed by atoms with E-state index in [1.54, 1.807) is 17.5 Å². The zero-order chi connectivity index (χ0) is 19.5. The first kappa shape index (κ1) is 18.6. The summed E-state index contributed by atoms with van der Waals surface area (Å²) in [5.41, 5.74) is 2.88. The van der Waals surface area contributed by atoms with Crippen LogP contribution in [0, 0.1) is 6.92 Å². The molecule has 28 heavy (non-hydrogen) atoms. The van der Waals surface area contributed by atoms with Gasteiger partial charge in [-0.25, -0.2) is 0 Å². The van der Waals surface area contributed by atoms with Gasteiger partial charge in [0.2, 0.25) is 5.91 Å². The number of nitrogens with one attached hydrogen (secondary N) is 2. The Bertz CT molecular complexity index is 974. The van der Waals surface area contributed by atoms with Crippen molar-refractivity contribution in [1.29, 1.82) is 0 Å². The summed E-state index contributed by atoms with van der Waals surface area (Å²) in [6.45, 7) is 2.26. The summed E-state index contributed by atoms with van der Waals surface area (Å²) in [7, 11) is 0. The summed E-state index contributed by atoms with van der Waals surface area (Å²) in [6, 6.07) is 17.2. The van der Waals surface area contributed by atoms with E-state index >= 15 is 0 Å². The molecular weight excluding hydrogens is 388 g/mol. The van der Waals surface area contributed by atoms with Gasteiger partial charge < -0.3 is 15.5 Å². The highest BCUT2D eigenvalue weighted by Crippen LogP contribution is 2.41. The van der Waals surface area contributed by atoms with Crippen LogP contribution in [0.15, 0.2) is 66.2 Å². The molecule has 1 aromatic carbocycles. The average molecular weight is 409 g/mol. The summed E-state index contributed by atoms with van der Waals surface area (Å²) < 4.78 is 0. The third-order valence-electron chi connectivity index (χ3n) is 4.74. The zero-order valence-corrected chi connectivity index (χ0v) is 17.0. The molecular formula is C21H20N4OS2. The van der Waals surface area contributed by atoms with E-state index in [4.69, 9.17) is 12.2 Å². The van der Waals surface area contributed by atoms with Crippen LogP contribution in [0.25, 0.3) is 0 Å². The van der Waals surface area contributed by atoms with E-state index in [0.29, 0.717) is 5.11 Å². The number of amides is 1. The minimum Gasteiger partial charge on any atom is -0.352 e. The van der Waals surface area contributed by atoms with Crippen molar-refractivity contribution in [3.63, 3.8) is 0 Å². The van der Waals surface area contributed by atoms with E-state index in [0.717, 1.165) is 11.4 Å². The molecule has 2 aromatic heterocycles. The van der Waals surface area contributed by atoms with Crippen molar-refractivity contribution >= 4 is 40.3 Å². The number of aromatic nitrogens is 1. The largest absolute Gasteiger partial charge is 0.352 e. The molecule has 0 bridgehead atoms. The van der Waals surface area contributed by atoms with Crippen LogP contribution in [0.2, 0.25) is 0 Å². The van der Waals surface area contributed by atoms with Crippen LogP contribution in [0.1, 0.15) is 28.2 Å². The summed E-state index contributed by atoms with van der Waals surface area (Å²) in [5, 5.41) is 8.96. The third-order valence-corrected chi connectivity index (χ3v) is 6.18. The lowest BCUT2D eigenvalue weighted by molar-refractivity contribution is -0.116. The van der Waals surface area contributed by atoms with Gasteiger partial charge in [0.25, 0.3) is 0 Å². The quantitative estimate of drug-likeness (QED) is 0.624. The smallest absolute Gasteiger partial charge is 0.244 e. The fourth-order valence-corrected chi connectivity index (χ4v) is 4.80. The van der Waals surface area contributed by atoms with Gasteiger partial charge in [-0.15, -0.1) is 11.3 Å².